The van der Waals surface area contributed by atoms with E-state index in [1.807, 2.05) is 0 Å². The quantitative estimate of drug-likeness (QED) is 0.610. The molecule has 0 bridgehead atoms. The van der Waals surface area contributed by atoms with E-state index < -0.39 is 0 Å². The monoisotopic (exact) mass is 198 g/mol. The third-order valence-electron chi connectivity index (χ3n) is 3.90. The van der Waals surface area contributed by atoms with Gasteiger partial charge in [-0.3, -0.25) is 4.90 Å². The summed E-state index contributed by atoms with van der Waals surface area (Å²) in [6, 6.07) is 1.19. The summed E-state index contributed by atoms with van der Waals surface area (Å²) < 4.78 is 0. The van der Waals surface area contributed by atoms with Crippen molar-refractivity contribution in [3.8, 4) is 0 Å². The largest absolute Gasteiger partial charge is 0.392 e. The molecule has 0 saturated carbocycles. The molecule has 3 nitrogen and oxygen atoms in total. The molecule has 2 rings (SSSR count). The van der Waals surface area contributed by atoms with Crippen LogP contribution >= 0.6 is 0 Å². The van der Waals surface area contributed by atoms with Crippen molar-refractivity contribution in [1.29, 1.82) is 0 Å². The SMILES string of the molecule is C[C@@H]1CN(C)CC2CC(O)CN2[C@@H]1C. The molecule has 2 unspecified atom stereocenters. The van der Waals surface area contributed by atoms with Crippen molar-refractivity contribution in [2.24, 2.45) is 5.92 Å². The van der Waals surface area contributed by atoms with Crippen LogP contribution < -0.4 is 0 Å². The average Bonchev–Trinajstić information content (AvgIpc) is 2.40. The van der Waals surface area contributed by atoms with Crippen LogP contribution in [-0.2, 0) is 0 Å². The van der Waals surface area contributed by atoms with Crippen molar-refractivity contribution >= 4 is 0 Å². The minimum Gasteiger partial charge on any atom is -0.392 e. The highest BCUT2D eigenvalue weighted by Gasteiger charge is 2.38. The maximum Gasteiger partial charge on any atom is 0.0682 e. The zero-order valence-electron chi connectivity index (χ0n) is 9.48. The Morgan fingerprint density at radius 2 is 1.86 bits per heavy atom. The molecule has 2 aliphatic heterocycles. The molecule has 0 spiro atoms. The minimum absolute atomic E-state index is 0.0962. The summed E-state index contributed by atoms with van der Waals surface area (Å²) >= 11 is 0. The summed E-state index contributed by atoms with van der Waals surface area (Å²) in [7, 11) is 2.19. The predicted octanol–water partition coefficient (Wildman–Crippen LogP) is 0.392. The second kappa shape index (κ2) is 3.80. The Hall–Kier alpha value is -0.120. The summed E-state index contributed by atoms with van der Waals surface area (Å²) in [5, 5.41) is 9.68. The maximum absolute atomic E-state index is 9.68. The molecule has 0 amide bonds. The molecular weight excluding hydrogens is 176 g/mol. The van der Waals surface area contributed by atoms with Crippen LogP contribution in [0.25, 0.3) is 0 Å². The number of likely N-dealkylation sites (N-methyl/N-ethyl adjacent to an activating group) is 1. The summed E-state index contributed by atoms with van der Waals surface area (Å²) in [5.74, 6) is 0.704. The Morgan fingerprint density at radius 1 is 1.14 bits per heavy atom. The molecule has 2 aliphatic rings. The van der Waals surface area contributed by atoms with Crippen molar-refractivity contribution in [3.05, 3.63) is 0 Å². The molecule has 4 atom stereocenters. The molecule has 2 heterocycles. The van der Waals surface area contributed by atoms with E-state index in [4.69, 9.17) is 0 Å². The van der Waals surface area contributed by atoms with E-state index in [0.717, 1.165) is 19.5 Å². The maximum atomic E-state index is 9.68. The van der Waals surface area contributed by atoms with Gasteiger partial charge in [-0.05, 0) is 26.3 Å². The van der Waals surface area contributed by atoms with E-state index in [9.17, 15) is 5.11 Å². The van der Waals surface area contributed by atoms with E-state index >= 15 is 0 Å². The second-order valence-corrected chi connectivity index (χ2v) is 5.18. The van der Waals surface area contributed by atoms with Gasteiger partial charge in [-0.2, -0.15) is 0 Å². The van der Waals surface area contributed by atoms with Crippen molar-refractivity contribution < 1.29 is 5.11 Å². The van der Waals surface area contributed by atoms with Gasteiger partial charge in [0.15, 0.2) is 0 Å². The van der Waals surface area contributed by atoms with E-state index in [0.29, 0.717) is 18.0 Å². The molecule has 0 aromatic rings. The summed E-state index contributed by atoms with van der Waals surface area (Å²) in [5.41, 5.74) is 0. The minimum atomic E-state index is -0.0962. The standard InChI is InChI=1S/C11H22N2O/c1-8-5-12(3)6-10-4-11(14)7-13(10)9(8)2/h8-11,14H,4-7H2,1-3H3/t8-,9-,10?,11?/m1/s1. The average molecular weight is 198 g/mol. The Bertz CT molecular complexity index is 209. The highest BCUT2D eigenvalue weighted by atomic mass is 16.3. The molecule has 0 aromatic carbocycles. The third-order valence-corrected chi connectivity index (χ3v) is 3.90. The smallest absolute Gasteiger partial charge is 0.0682 e. The van der Waals surface area contributed by atoms with E-state index in [1.165, 1.54) is 6.54 Å². The molecule has 82 valence electrons. The molecule has 1 N–H and O–H groups in total. The summed E-state index contributed by atoms with van der Waals surface area (Å²) in [6.07, 6.45) is 0.864. The molecule has 0 aliphatic carbocycles. The van der Waals surface area contributed by atoms with Gasteiger partial charge >= 0.3 is 0 Å². The van der Waals surface area contributed by atoms with Gasteiger partial charge in [0.25, 0.3) is 0 Å². The lowest BCUT2D eigenvalue weighted by atomic mass is 10.0. The Balaban J connectivity index is 2.12. The number of rotatable bonds is 0. The Kier molecular flexibility index (Phi) is 2.82. The fourth-order valence-corrected chi connectivity index (χ4v) is 3.00. The van der Waals surface area contributed by atoms with Gasteiger partial charge in [-0.25, -0.2) is 0 Å². The van der Waals surface area contributed by atoms with Crippen LogP contribution in [0.15, 0.2) is 0 Å². The lowest BCUT2D eigenvalue weighted by molar-refractivity contribution is 0.139. The molecule has 3 heteroatoms. The first-order valence-corrected chi connectivity index (χ1v) is 5.70. The van der Waals surface area contributed by atoms with Crippen LogP contribution in [0, 0.1) is 5.92 Å². The number of fused-ring (bicyclic) bond motifs is 1. The van der Waals surface area contributed by atoms with Crippen LogP contribution in [-0.4, -0.2) is 59.8 Å². The third kappa shape index (κ3) is 1.81. The Labute approximate surface area is 86.7 Å². The van der Waals surface area contributed by atoms with Crippen LogP contribution in [0.1, 0.15) is 20.3 Å². The lowest BCUT2D eigenvalue weighted by Crippen LogP contribution is -2.41. The fraction of sp³-hybridized carbons (Fsp3) is 1.00. The number of hydrogen-bond acceptors (Lipinski definition) is 3. The van der Waals surface area contributed by atoms with Gasteiger partial charge in [0.2, 0.25) is 0 Å². The van der Waals surface area contributed by atoms with Gasteiger partial charge < -0.3 is 10.0 Å². The van der Waals surface area contributed by atoms with Crippen molar-refractivity contribution in [3.63, 3.8) is 0 Å². The van der Waals surface area contributed by atoms with Crippen LogP contribution in [0.2, 0.25) is 0 Å². The number of hydrogen-bond donors (Lipinski definition) is 1. The zero-order valence-corrected chi connectivity index (χ0v) is 9.48. The molecule has 0 radical (unpaired) electrons. The lowest BCUT2D eigenvalue weighted by Gasteiger charge is -2.30. The van der Waals surface area contributed by atoms with E-state index in [2.05, 4.69) is 30.7 Å². The summed E-state index contributed by atoms with van der Waals surface area (Å²) in [6.45, 7) is 7.79. The fourth-order valence-electron chi connectivity index (χ4n) is 3.00. The summed E-state index contributed by atoms with van der Waals surface area (Å²) in [4.78, 5) is 4.91. The zero-order chi connectivity index (χ0) is 10.3. The molecule has 2 saturated heterocycles. The molecular formula is C11H22N2O. The van der Waals surface area contributed by atoms with Gasteiger partial charge in [0.1, 0.15) is 0 Å². The molecule has 0 aromatic heterocycles. The van der Waals surface area contributed by atoms with Gasteiger partial charge in [0.05, 0.1) is 6.10 Å². The van der Waals surface area contributed by atoms with Crippen molar-refractivity contribution in [1.82, 2.24) is 9.80 Å². The molecule has 14 heavy (non-hydrogen) atoms. The number of nitrogens with zero attached hydrogens (tertiary/aromatic N) is 2. The van der Waals surface area contributed by atoms with Gasteiger partial charge in [-0.1, -0.05) is 6.92 Å². The van der Waals surface area contributed by atoms with Gasteiger partial charge in [0, 0.05) is 31.7 Å². The van der Waals surface area contributed by atoms with Gasteiger partial charge in [-0.15, -0.1) is 0 Å². The van der Waals surface area contributed by atoms with Crippen LogP contribution in [0.4, 0.5) is 0 Å². The van der Waals surface area contributed by atoms with Crippen molar-refractivity contribution in [2.45, 2.75) is 38.5 Å². The van der Waals surface area contributed by atoms with E-state index in [-0.39, 0.29) is 6.10 Å². The predicted molar refractivity (Wildman–Crippen MR) is 57.2 cm³/mol. The first kappa shape index (κ1) is 10.4. The normalized spacial score (nSPS) is 46.3. The Morgan fingerprint density at radius 3 is 2.57 bits per heavy atom. The highest BCUT2D eigenvalue weighted by Crippen LogP contribution is 2.27. The molecule has 2 fully saturated rings. The first-order valence-electron chi connectivity index (χ1n) is 5.70. The number of aliphatic hydroxyl groups excluding tert-OH is 1. The van der Waals surface area contributed by atoms with E-state index in [1.54, 1.807) is 0 Å². The van der Waals surface area contributed by atoms with Crippen molar-refractivity contribution in [2.75, 3.05) is 26.7 Å². The second-order valence-electron chi connectivity index (χ2n) is 5.18. The van der Waals surface area contributed by atoms with Crippen LogP contribution in [0.3, 0.4) is 0 Å². The highest BCUT2D eigenvalue weighted by molar-refractivity contribution is 4.93. The first-order chi connectivity index (χ1) is 6.58. The van der Waals surface area contributed by atoms with Crippen LogP contribution in [0.5, 0.6) is 0 Å². The topological polar surface area (TPSA) is 26.7 Å². The number of aliphatic hydroxyl groups is 1.